The molecular weight excluding hydrogens is 487 g/mol. The first kappa shape index (κ1) is 23.8. The third kappa shape index (κ3) is 5.79. The fourth-order valence-electron chi connectivity index (χ4n) is 3.91. The average molecular weight is 520 g/mol. The highest BCUT2D eigenvalue weighted by Crippen LogP contribution is 2.34. The van der Waals surface area contributed by atoms with Gasteiger partial charge >= 0.3 is 0 Å². The SMILES string of the molecule is CN=C(NCc1cc(OC)c(OC)cc1OC)N1CCC(N2CCOCC2)C1.I. The fraction of sp³-hybridized carbons (Fsp3) is 0.650. The number of hydrogen-bond acceptors (Lipinski definition) is 6. The van der Waals surface area contributed by atoms with Crippen molar-refractivity contribution < 1.29 is 18.9 Å². The van der Waals surface area contributed by atoms with Gasteiger partial charge in [0.2, 0.25) is 0 Å². The number of methoxy groups -OCH3 is 3. The minimum absolute atomic E-state index is 0. The highest BCUT2D eigenvalue weighted by molar-refractivity contribution is 14.0. The first-order valence-corrected chi connectivity index (χ1v) is 9.76. The van der Waals surface area contributed by atoms with Crippen LogP contribution in [0.5, 0.6) is 17.2 Å². The van der Waals surface area contributed by atoms with Crippen LogP contribution in [0.2, 0.25) is 0 Å². The molecule has 0 bridgehead atoms. The van der Waals surface area contributed by atoms with E-state index in [1.54, 1.807) is 21.3 Å². The largest absolute Gasteiger partial charge is 0.496 e. The second-order valence-electron chi connectivity index (χ2n) is 6.96. The van der Waals surface area contributed by atoms with Gasteiger partial charge in [-0.25, -0.2) is 0 Å². The number of likely N-dealkylation sites (tertiary alicyclic amines) is 1. The van der Waals surface area contributed by atoms with Gasteiger partial charge in [-0.15, -0.1) is 24.0 Å². The Balaban J connectivity index is 0.00000300. The number of nitrogens with zero attached hydrogens (tertiary/aromatic N) is 3. The van der Waals surface area contributed by atoms with Crippen LogP contribution in [-0.2, 0) is 11.3 Å². The lowest BCUT2D eigenvalue weighted by molar-refractivity contribution is 0.0195. The third-order valence-electron chi connectivity index (χ3n) is 5.46. The van der Waals surface area contributed by atoms with Crippen LogP contribution in [-0.4, -0.2) is 89.6 Å². The molecule has 1 atom stereocenters. The van der Waals surface area contributed by atoms with Gasteiger partial charge in [0.15, 0.2) is 17.5 Å². The monoisotopic (exact) mass is 520 g/mol. The smallest absolute Gasteiger partial charge is 0.193 e. The highest BCUT2D eigenvalue weighted by atomic mass is 127. The minimum atomic E-state index is 0. The molecule has 0 aromatic heterocycles. The highest BCUT2D eigenvalue weighted by Gasteiger charge is 2.30. The number of guanidine groups is 1. The van der Waals surface area contributed by atoms with Crippen molar-refractivity contribution >= 4 is 29.9 Å². The molecule has 0 aliphatic carbocycles. The van der Waals surface area contributed by atoms with E-state index in [4.69, 9.17) is 18.9 Å². The number of hydrogen-bond donors (Lipinski definition) is 1. The van der Waals surface area contributed by atoms with Crippen molar-refractivity contribution in [2.45, 2.75) is 19.0 Å². The van der Waals surface area contributed by atoms with Gasteiger partial charge in [-0.05, 0) is 12.5 Å². The molecule has 2 aliphatic heterocycles. The lowest BCUT2D eigenvalue weighted by Gasteiger charge is -2.32. The van der Waals surface area contributed by atoms with Crippen LogP contribution < -0.4 is 19.5 Å². The topological polar surface area (TPSA) is 67.8 Å². The summed E-state index contributed by atoms with van der Waals surface area (Å²) in [6, 6.07) is 4.36. The Hall–Kier alpha value is -1.46. The van der Waals surface area contributed by atoms with Crippen molar-refractivity contribution in [3.8, 4) is 17.2 Å². The van der Waals surface area contributed by atoms with E-state index in [1.807, 2.05) is 19.2 Å². The van der Waals surface area contributed by atoms with E-state index < -0.39 is 0 Å². The second kappa shape index (κ2) is 11.7. The van der Waals surface area contributed by atoms with Crippen molar-refractivity contribution in [3.63, 3.8) is 0 Å². The molecule has 2 aliphatic rings. The van der Waals surface area contributed by atoms with Gasteiger partial charge in [-0.2, -0.15) is 0 Å². The first-order valence-electron chi connectivity index (χ1n) is 9.76. The van der Waals surface area contributed by atoms with Gasteiger partial charge in [-0.1, -0.05) is 0 Å². The second-order valence-corrected chi connectivity index (χ2v) is 6.96. The number of aliphatic imine (C=N–C) groups is 1. The summed E-state index contributed by atoms with van der Waals surface area (Å²) in [5.74, 6) is 3.00. The van der Waals surface area contributed by atoms with Gasteiger partial charge in [0.1, 0.15) is 5.75 Å². The molecule has 3 rings (SSSR count). The minimum Gasteiger partial charge on any atom is -0.496 e. The number of rotatable bonds is 6. The molecule has 1 N–H and O–H groups in total. The molecule has 1 unspecified atom stereocenters. The number of ether oxygens (including phenoxy) is 4. The predicted molar refractivity (Wildman–Crippen MR) is 124 cm³/mol. The van der Waals surface area contributed by atoms with E-state index in [0.717, 1.165) is 63.1 Å². The molecule has 164 valence electrons. The van der Waals surface area contributed by atoms with Crippen molar-refractivity contribution in [3.05, 3.63) is 17.7 Å². The van der Waals surface area contributed by atoms with E-state index >= 15 is 0 Å². The van der Waals surface area contributed by atoms with Crippen molar-refractivity contribution in [2.24, 2.45) is 4.99 Å². The molecule has 8 nitrogen and oxygen atoms in total. The number of morpholine rings is 1. The zero-order chi connectivity index (χ0) is 19.9. The standard InChI is InChI=1S/C20H32N4O4.HI/c1-21-20(24-6-5-16(14-24)23-7-9-28-10-8-23)22-13-15-11-18(26-3)19(27-4)12-17(15)25-2;/h11-12,16H,5-10,13-14H2,1-4H3,(H,21,22);1H. The van der Waals surface area contributed by atoms with Crippen LogP contribution in [0.1, 0.15) is 12.0 Å². The van der Waals surface area contributed by atoms with Crippen molar-refractivity contribution in [1.82, 2.24) is 15.1 Å². The molecule has 0 saturated carbocycles. The zero-order valence-corrected chi connectivity index (χ0v) is 20.1. The summed E-state index contributed by atoms with van der Waals surface area (Å²) in [6.07, 6.45) is 1.15. The zero-order valence-electron chi connectivity index (χ0n) is 17.8. The molecule has 2 saturated heterocycles. The normalized spacial score (nSPS) is 20.2. The third-order valence-corrected chi connectivity index (χ3v) is 5.46. The maximum atomic E-state index is 5.53. The Kier molecular flexibility index (Phi) is 9.57. The molecular formula is C20H33IN4O4. The quantitative estimate of drug-likeness (QED) is 0.349. The Bertz CT molecular complexity index is 683. The first-order chi connectivity index (χ1) is 13.7. The summed E-state index contributed by atoms with van der Waals surface area (Å²) in [5.41, 5.74) is 0.991. The molecule has 0 radical (unpaired) electrons. The number of halogens is 1. The van der Waals surface area contributed by atoms with E-state index in [-0.39, 0.29) is 24.0 Å². The van der Waals surface area contributed by atoms with Gasteiger partial charge in [0, 0.05) is 57.4 Å². The summed E-state index contributed by atoms with van der Waals surface area (Å²) in [7, 11) is 6.75. The predicted octanol–water partition coefficient (Wildman–Crippen LogP) is 1.81. The summed E-state index contributed by atoms with van der Waals surface area (Å²) in [4.78, 5) is 9.35. The maximum absolute atomic E-state index is 5.53. The van der Waals surface area contributed by atoms with E-state index in [0.29, 0.717) is 24.1 Å². The van der Waals surface area contributed by atoms with E-state index in [2.05, 4.69) is 20.1 Å². The van der Waals surface area contributed by atoms with E-state index in [1.165, 1.54) is 0 Å². The van der Waals surface area contributed by atoms with E-state index in [9.17, 15) is 0 Å². The van der Waals surface area contributed by atoms with Gasteiger partial charge in [-0.3, -0.25) is 9.89 Å². The molecule has 0 spiro atoms. The molecule has 2 fully saturated rings. The Labute approximate surface area is 190 Å². The maximum Gasteiger partial charge on any atom is 0.193 e. The average Bonchev–Trinajstić information content (AvgIpc) is 3.24. The molecule has 1 aromatic rings. The summed E-state index contributed by atoms with van der Waals surface area (Å²) in [6.45, 7) is 6.30. The number of benzene rings is 1. The van der Waals surface area contributed by atoms with Crippen LogP contribution in [0.4, 0.5) is 0 Å². The molecule has 1 aromatic carbocycles. The lowest BCUT2D eigenvalue weighted by Crippen LogP contribution is -2.46. The van der Waals surface area contributed by atoms with Crippen molar-refractivity contribution in [1.29, 1.82) is 0 Å². The van der Waals surface area contributed by atoms with Crippen LogP contribution in [0.15, 0.2) is 17.1 Å². The summed E-state index contributed by atoms with van der Waals surface area (Å²) >= 11 is 0. The lowest BCUT2D eigenvalue weighted by atomic mass is 10.1. The van der Waals surface area contributed by atoms with Gasteiger partial charge in [0.25, 0.3) is 0 Å². The molecule has 0 amide bonds. The van der Waals surface area contributed by atoms with Crippen molar-refractivity contribution in [2.75, 3.05) is 67.8 Å². The number of nitrogens with one attached hydrogen (secondary N) is 1. The van der Waals surface area contributed by atoms with Crippen LogP contribution in [0, 0.1) is 0 Å². The van der Waals surface area contributed by atoms with Crippen LogP contribution >= 0.6 is 24.0 Å². The van der Waals surface area contributed by atoms with Gasteiger partial charge < -0.3 is 29.2 Å². The molecule has 29 heavy (non-hydrogen) atoms. The van der Waals surface area contributed by atoms with Crippen LogP contribution in [0.3, 0.4) is 0 Å². The van der Waals surface area contributed by atoms with Crippen LogP contribution in [0.25, 0.3) is 0 Å². The fourth-order valence-corrected chi connectivity index (χ4v) is 3.91. The summed E-state index contributed by atoms with van der Waals surface area (Å²) < 4.78 is 21.8. The Morgan fingerprint density at radius 1 is 1.07 bits per heavy atom. The summed E-state index contributed by atoms with van der Waals surface area (Å²) in [5, 5.41) is 3.47. The Morgan fingerprint density at radius 2 is 1.72 bits per heavy atom. The Morgan fingerprint density at radius 3 is 2.34 bits per heavy atom. The van der Waals surface area contributed by atoms with Gasteiger partial charge in [0.05, 0.1) is 34.5 Å². The molecule has 2 heterocycles. The molecule has 9 heteroatoms.